The summed E-state index contributed by atoms with van der Waals surface area (Å²) in [6.45, 7) is 3.70. The van der Waals surface area contributed by atoms with Crippen molar-refractivity contribution < 1.29 is 14.3 Å². The first kappa shape index (κ1) is 12.1. The summed E-state index contributed by atoms with van der Waals surface area (Å²) >= 11 is 0. The molecule has 94 valence electrons. The van der Waals surface area contributed by atoms with Crippen molar-refractivity contribution in [2.45, 2.75) is 19.9 Å². The standard InChI is InChI=1S/C12H13N3O3/c1-7-6-14-11(18-7)8(2)15-9-3-4-13-10(5-9)12(16)17/h3-6,8H,1-2H3,(H,13,15)(H,16,17). The average molecular weight is 247 g/mol. The van der Waals surface area contributed by atoms with Crippen LogP contribution in [0.25, 0.3) is 0 Å². The van der Waals surface area contributed by atoms with Crippen LogP contribution in [0.5, 0.6) is 0 Å². The minimum Gasteiger partial charge on any atom is -0.477 e. The zero-order valence-electron chi connectivity index (χ0n) is 10.0. The number of oxazole rings is 1. The molecule has 6 nitrogen and oxygen atoms in total. The van der Waals surface area contributed by atoms with E-state index in [-0.39, 0.29) is 11.7 Å². The maximum atomic E-state index is 10.8. The van der Waals surface area contributed by atoms with E-state index in [2.05, 4.69) is 15.3 Å². The monoisotopic (exact) mass is 247 g/mol. The van der Waals surface area contributed by atoms with Gasteiger partial charge in [-0.05, 0) is 26.0 Å². The van der Waals surface area contributed by atoms with E-state index >= 15 is 0 Å². The summed E-state index contributed by atoms with van der Waals surface area (Å²) in [6, 6.07) is 3.01. The van der Waals surface area contributed by atoms with E-state index in [0.717, 1.165) is 5.76 Å². The molecule has 2 heterocycles. The molecule has 0 aliphatic rings. The van der Waals surface area contributed by atoms with Gasteiger partial charge in [-0.15, -0.1) is 0 Å². The Morgan fingerprint density at radius 1 is 1.50 bits per heavy atom. The van der Waals surface area contributed by atoms with E-state index in [1.54, 1.807) is 12.3 Å². The van der Waals surface area contributed by atoms with E-state index < -0.39 is 5.97 Å². The van der Waals surface area contributed by atoms with Gasteiger partial charge >= 0.3 is 5.97 Å². The van der Waals surface area contributed by atoms with Crippen LogP contribution >= 0.6 is 0 Å². The Labute approximate surface area is 104 Å². The van der Waals surface area contributed by atoms with Gasteiger partial charge in [0.25, 0.3) is 0 Å². The highest BCUT2D eigenvalue weighted by atomic mass is 16.4. The van der Waals surface area contributed by atoms with Crippen LogP contribution < -0.4 is 5.32 Å². The van der Waals surface area contributed by atoms with Gasteiger partial charge in [-0.25, -0.2) is 14.8 Å². The van der Waals surface area contributed by atoms with Gasteiger partial charge in [0.2, 0.25) is 5.89 Å². The highest BCUT2D eigenvalue weighted by molar-refractivity contribution is 5.86. The summed E-state index contributed by atoms with van der Waals surface area (Å²) in [6.07, 6.45) is 3.09. The minimum absolute atomic E-state index is 0.00390. The average Bonchev–Trinajstić information content (AvgIpc) is 2.76. The summed E-state index contributed by atoms with van der Waals surface area (Å²) < 4.78 is 5.39. The Morgan fingerprint density at radius 3 is 2.89 bits per heavy atom. The van der Waals surface area contributed by atoms with Gasteiger partial charge in [-0.1, -0.05) is 0 Å². The molecule has 0 amide bonds. The second-order valence-corrected chi connectivity index (χ2v) is 3.91. The maximum absolute atomic E-state index is 10.8. The fraction of sp³-hybridized carbons (Fsp3) is 0.250. The molecule has 0 bridgehead atoms. The van der Waals surface area contributed by atoms with E-state index in [1.165, 1.54) is 12.3 Å². The number of aromatic nitrogens is 2. The third kappa shape index (κ3) is 2.65. The van der Waals surface area contributed by atoms with Gasteiger partial charge in [0.15, 0.2) is 0 Å². The van der Waals surface area contributed by atoms with Crippen LogP contribution in [0.3, 0.4) is 0 Å². The molecule has 0 aliphatic carbocycles. The number of anilines is 1. The minimum atomic E-state index is -1.06. The predicted molar refractivity (Wildman–Crippen MR) is 64.5 cm³/mol. The molecule has 2 aromatic rings. The number of carboxylic acid groups (broad SMARTS) is 1. The van der Waals surface area contributed by atoms with Crippen molar-refractivity contribution in [3.63, 3.8) is 0 Å². The molecule has 0 aromatic carbocycles. The third-order valence-corrected chi connectivity index (χ3v) is 2.37. The number of hydrogen-bond donors (Lipinski definition) is 2. The van der Waals surface area contributed by atoms with E-state index in [4.69, 9.17) is 9.52 Å². The van der Waals surface area contributed by atoms with Gasteiger partial charge in [0.1, 0.15) is 17.5 Å². The van der Waals surface area contributed by atoms with E-state index in [1.807, 2.05) is 13.8 Å². The molecule has 6 heteroatoms. The van der Waals surface area contributed by atoms with Gasteiger partial charge in [0, 0.05) is 11.9 Å². The van der Waals surface area contributed by atoms with Crippen LogP contribution in [0, 0.1) is 6.92 Å². The third-order valence-electron chi connectivity index (χ3n) is 2.37. The topological polar surface area (TPSA) is 88.2 Å². The van der Waals surface area contributed by atoms with E-state index in [0.29, 0.717) is 11.6 Å². The zero-order valence-corrected chi connectivity index (χ0v) is 10.0. The molecule has 18 heavy (non-hydrogen) atoms. The maximum Gasteiger partial charge on any atom is 0.354 e. The molecule has 2 N–H and O–H groups in total. The van der Waals surface area contributed by atoms with Crippen molar-refractivity contribution in [3.8, 4) is 0 Å². The van der Waals surface area contributed by atoms with Crippen molar-refractivity contribution in [1.82, 2.24) is 9.97 Å². The molecule has 2 rings (SSSR count). The van der Waals surface area contributed by atoms with Crippen LogP contribution in [-0.2, 0) is 0 Å². The molecule has 1 unspecified atom stereocenters. The molecule has 0 saturated carbocycles. The number of carbonyl (C=O) groups is 1. The lowest BCUT2D eigenvalue weighted by molar-refractivity contribution is 0.0690. The number of aryl methyl sites for hydroxylation is 1. The Morgan fingerprint density at radius 2 is 2.28 bits per heavy atom. The van der Waals surface area contributed by atoms with Crippen molar-refractivity contribution in [2.75, 3.05) is 5.32 Å². The second-order valence-electron chi connectivity index (χ2n) is 3.91. The van der Waals surface area contributed by atoms with Crippen molar-refractivity contribution >= 4 is 11.7 Å². The summed E-state index contributed by atoms with van der Waals surface area (Å²) in [5.74, 6) is 0.235. The van der Waals surface area contributed by atoms with Crippen LogP contribution in [0.2, 0.25) is 0 Å². The number of hydrogen-bond acceptors (Lipinski definition) is 5. The molecular formula is C12H13N3O3. The SMILES string of the molecule is Cc1cnc(C(C)Nc2ccnc(C(=O)O)c2)o1. The lowest BCUT2D eigenvalue weighted by Crippen LogP contribution is -2.08. The summed E-state index contributed by atoms with van der Waals surface area (Å²) in [5.41, 5.74) is 0.654. The molecule has 0 radical (unpaired) electrons. The highest BCUT2D eigenvalue weighted by Gasteiger charge is 2.12. The molecule has 2 aromatic heterocycles. The number of carboxylic acids is 1. The Bertz CT molecular complexity index is 565. The zero-order chi connectivity index (χ0) is 13.1. The number of pyridine rings is 1. The van der Waals surface area contributed by atoms with Gasteiger partial charge in [-0.2, -0.15) is 0 Å². The lowest BCUT2D eigenvalue weighted by Gasteiger charge is -2.11. The highest BCUT2D eigenvalue weighted by Crippen LogP contribution is 2.19. The van der Waals surface area contributed by atoms with Crippen LogP contribution in [0.4, 0.5) is 5.69 Å². The largest absolute Gasteiger partial charge is 0.477 e. The fourth-order valence-electron chi connectivity index (χ4n) is 1.52. The fourth-order valence-corrected chi connectivity index (χ4v) is 1.52. The van der Waals surface area contributed by atoms with Gasteiger partial charge < -0.3 is 14.8 Å². The number of rotatable bonds is 4. The van der Waals surface area contributed by atoms with Gasteiger partial charge in [-0.3, -0.25) is 0 Å². The quantitative estimate of drug-likeness (QED) is 0.861. The van der Waals surface area contributed by atoms with Crippen LogP contribution in [0.15, 0.2) is 28.9 Å². The Balaban J connectivity index is 2.14. The van der Waals surface area contributed by atoms with Crippen molar-refractivity contribution in [1.29, 1.82) is 0 Å². The van der Waals surface area contributed by atoms with Crippen LogP contribution in [-0.4, -0.2) is 21.0 Å². The molecule has 0 aliphatic heterocycles. The molecular weight excluding hydrogens is 234 g/mol. The van der Waals surface area contributed by atoms with Crippen molar-refractivity contribution in [2.24, 2.45) is 0 Å². The number of nitrogens with one attached hydrogen (secondary N) is 1. The first-order chi connectivity index (χ1) is 8.56. The molecule has 0 fully saturated rings. The van der Waals surface area contributed by atoms with Crippen LogP contribution in [0.1, 0.15) is 35.1 Å². The Hall–Kier alpha value is -2.37. The molecule has 0 spiro atoms. The van der Waals surface area contributed by atoms with Crippen molar-refractivity contribution in [3.05, 3.63) is 41.9 Å². The predicted octanol–water partition coefficient (Wildman–Crippen LogP) is 2.25. The number of aromatic carboxylic acids is 1. The molecule has 0 saturated heterocycles. The van der Waals surface area contributed by atoms with Gasteiger partial charge in [0.05, 0.1) is 6.20 Å². The first-order valence-electron chi connectivity index (χ1n) is 5.44. The summed E-state index contributed by atoms with van der Waals surface area (Å²) in [4.78, 5) is 18.6. The van der Waals surface area contributed by atoms with E-state index in [9.17, 15) is 4.79 Å². The number of nitrogens with zero attached hydrogens (tertiary/aromatic N) is 2. The normalized spacial score (nSPS) is 12.1. The summed E-state index contributed by atoms with van der Waals surface area (Å²) in [7, 11) is 0. The second kappa shape index (κ2) is 4.87. The summed E-state index contributed by atoms with van der Waals surface area (Å²) in [5, 5.41) is 11.9. The Kier molecular flexibility index (Phi) is 3.27. The lowest BCUT2D eigenvalue weighted by atomic mass is 10.2. The molecule has 1 atom stereocenters. The first-order valence-corrected chi connectivity index (χ1v) is 5.44. The smallest absolute Gasteiger partial charge is 0.354 e.